The molecule has 0 saturated carbocycles. The number of amides is 2. The molecule has 0 aliphatic rings. The molecule has 8 nitrogen and oxygen atoms in total. The fraction of sp³-hybridized carbons (Fsp3) is 0.125. The minimum absolute atomic E-state index is 0.0591. The summed E-state index contributed by atoms with van der Waals surface area (Å²) in [5, 5.41) is 21.6. The second kappa shape index (κ2) is 9.65. The number of nitrogens with zero attached hydrogens (tertiary/aromatic N) is 4. The predicted octanol–water partition coefficient (Wildman–Crippen LogP) is 4.02. The summed E-state index contributed by atoms with van der Waals surface area (Å²) in [4.78, 5) is 28.1. The van der Waals surface area contributed by atoms with Crippen LogP contribution in [0.3, 0.4) is 0 Å². The third-order valence-corrected chi connectivity index (χ3v) is 4.94. The molecular weight excluding hydrogens is 406 g/mol. The monoisotopic (exact) mass is 427 g/mol. The number of pyridine rings is 1. The Hall–Kier alpha value is -4.33. The van der Waals surface area contributed by atoms with E-state index in [9.17, 15) is 14.7 Å². The number of aromatic hydroxyl groups is 1. The first-order chi connectivity index (χ1) is 15.6. The number of hydrogen-bond donors (Lipinski definition) is 2. The van der Waals surface area contributed by atoms with Crippen LogP contribution >= 0.6 is 0 Å². The number of carbonyl (C=O) groups is 2. The smallest absolute Gasteiger partial charge is 0.283 e. The highest BCUT2D eigenvalue weighted by Crippen LogP contribution is 2.38. The lowest BCUT2D eigenvalue weighted by Gasteiger charge is -2.07. The van der Waals surface area contributed by atoms with Gasteiger partial charge in [0.25, 0.3) is 11.8 Å². The summed E-state index contributed by atoms with van der Waals surface area (Å²) >= 11 is 0. The Bertz CT molecular complexity index is 1270. The molecule has 0 atom stereocenters. The van der Waals surface area contributed by atoms with E-state index in [2.05, 4.69) is 20.5 Å². The van der Waals surface area contributed by atoms with Crippen molar-refractivity contribution < 1.29 is 14.7 Å². The maximum absolute atomic E-state index is 12.1. The van der Waals surface area contributed by atoms with Crippen LogP contribution in [0.2, 0.25) is 0 Å². The highest BCUT2D eigenvalue weighted by molar-refractivity contribution is 5.96. The van der Waals surface area contributed by atoms with Crippen LogP contribution in [0.1, 0.15) is 16.1 Å². The Kier molecular flexibility index (Phi) is 6.31. The molecule has 0 bridgehead atoms. The van der Waals surface area contributed by atoms with Crippen LogP contribution in [0, 0.1) is 0 Å². The molecule has 0 aliphatic heterocycles. The topological polar surface area (TPSA) is 109 Å². The maximum atomic E-state index is 12.1. The summed E-state index contributed by atoms with van der Waals surface area (Å²) in [6.07, 6.45) is 2.22. The normalized spacial score (nSPS) is 11.1. The maximum Gasteiger partial charge on any atom is 0.283 e. The van der Waals surface area contributed by atoms with Crippen molar-refractivity contribution in [1.29, 1.82) is 0 Å². The first kappa shape index (κ1) is 20.9. The minimum Gasteiger partial charge on any atom is -0.493 e. The van der Waals surface area contributed by atoms with Gasteiger partial charge in [0.1, 0.15) is 12.2 Å². The van der Waals surface area contributed by atoms with Gasteiger partial charge in [-0.1, -0.05) is 54.6 Å². The van der Waals surface area contributed by atoms with Gasteiger partial charge in [-0.15, -0.1) is 10.2 Å². The number of aryl methyl sites for hydroxylation is 2. The molecule has 0 spiro atoms. The standard InChI is InChI=1S/C24H21N5O3/c30-21(16-26-23(31)19-11-6-7-14-25-19)27-28-22-18-10-4-5-12-20(18)29(24(22)32)15-13-17-8-2-1-3-9-17/h1-12,14,32H,13,15-16H2,(H,26,31). The largest absolute Gasteiger partial charge is 0.493 e. The number of aromatic nitrogens is 2. The zero-order valence-corrected chi connectivity index (χ0v) is 17.2. The van der Waals surface area contributed by atoms with E-state index in [1.807, 2.05) is 54.6 Å². The van der Waals surface area contributed by atoms with Gasteiger partial charge in [0.2, 0.25) is 5.88 Å². The summed E-state index contributed by atoms with van der Waals surface area (Å²) in [7, 11) is 0. The van der Waals surface area contributed by atoms with Gasteiger partial charge in [-0.25, -0.2) is 0 Å². The van der Waals surface area contributed by atoms with Crippen molar-refractivity contribution in [1.82, 2.24) is 14.9 Å². The first-order valence-electron chi connectivity index (χ1n) is 10.1. The zero-order valence-electron chi connectivity index (χ0n) is 17.2. The van der Waals surface area contributed by atoms with Crippen LogP contribution in [0.25, 0.3) is 10.9 Å². The van der Waals surface area contributed by atoms with Crippen molar-refractivity contribution >= 4 is 28.4 Å². The Labute approximate surface area is 184 Å². The number of azo groups is 1. The molecular formula is C24H21N5O3. The van der Waals surface area contributed by atoms with E-state index in [0.717, 1.165) is 17.5 Å². The Balaban J connectivity index is 1.48. The average molecular weight is 427 g/mol. The van der Waals surface area contributed by atoms with Gasteiger partial charge in [0.15, 0.2) is 5.69 Å². The van der Waals surface area contributed by atoms with Crippen LogP contribution in [0.15, 0.2) is 89.2 Å². The lowest BCUT2D eigenvalue weighted by molar-refractivity contribution is -0.117. The van der Waals surface area contributed by atoms with Gasteiger partial charge in [-0.2, -0.15) is 0 Å². The third-order valence-electron chi connectivity index (χ3n) is 4.94. The summed E-state index contributed by atoms with van der Waals surface area (Å²) in [6.45, 7) is 0.215. The van der Waals surface area contributed by atoms with E-state index < -0.39 is 11.8 Å². The van der Waals surface area contributed by atoms with Crippen LogP contribution in [-0.4, -0.2) is 33.0 Å². The Morgan fingerprint density at radius 1 is 0.969 bits per heavy atom. The highest BCUT2D eigenvalue weighted by atomic mass is 16.3. The summed E-state index contributed by atoms with van der Waals surface area (Å²) in [5.74, 6) is -1.18. The number of nitrogens with one attached hydrogen (secondary N) is 1. The van der Waals surface area contributed by atoms with Gasteiger partial charge >= 0.3 is 0 Å². The van der Waals surface area contributed by atoms with E-state index in [0.29, 0.717) is 11.9 Å². The fourth-order valence-corrected chi connectivity index (χ4v) is 3.37. The molecule has 0 radical (unpaired) electrons. The number of fused-ring (bicyclic) bond motifs is 1. The van der Waals surface area contributed by atoms with E-state index in [4.69, 9.17) is 0 Å². The molecule has 0 saturated heterocycles. The fourth-order valence-electron chi connectivity index (χ4n) is 3.37. The second-order valence-corrected chi connectivity index (χ2v) is 7.07. The van der Waals surface area contributed by atoms with Gasteiger partial charge in [-0.3, -0.25) is 14.6 Å². The Morgan fingerprint density at radius 3 is 2.50 bits per heavy atom. The third kappa shape index (κ3) is 4.70. The first-order valence-corrected chi connectivity index (χ1v) is 10.1. The van der Waals surface area contributed by atoms with Crippen molar-refractivity contribution in [3.63, 3.8) is 0 Å². The minimum atomic E-state index is -0.644. The molecule has 0 fully saturated rings. The zero-order chi connectivity index (χ0) is 22.3. The van der Waals surface area contributed by atoms with Gasteiger partial charge < -0.3 is 15.0 Å². The van der Waals surface area contributed by atoms with Gasteiger partial charge in [0.05, 0.1) is 5.52 Å². The molecule has 32 heavy (non-hydrogen) atoms. The lowest BCUT2D eigenvalue weighted by Crippen LogP contribution is -2.29. The molecule has 4 rings (SSSR count). The van der Waals surface area contributed by atoms with Crippen LogP contribution in [0.4, 0.5) is 5.69 Å². The molecule has 2 amide bonds. The number of benzene rings is 2. The average Bonchev–Trinajstić information content (AvgIpc) is 3.11. The van der Waals surface area contributed by atoms with Crippen molar-refractivity contribution in [3.8, 4) is 5.88 Å². The highest BCUT2D eigenvalue weighted by Gasteiger charge is 2.17. The molecule has 2 N–H and O–H groups in total. The second-order valence-electron chi connectivity index (χ2n) is 7.07. The quantitative estimate of drug-likeness (QED) is 0.434. The lowest BCUT2D eigenvalue weighted by atomic mass is 10.1. The van der Waals surface area contributed by atoms with Crippen molar-refractivity contribution in [2.75, 3.05) is 6.54 Å². The van der Waals surface area contributed by atoms with Crippen molar-refractivity contribution in [2.24, 2.45) is 10.2 Å². The van der Waals surface area contributed by atoms with E-state index in [-0.39, 0.29) is 23.8 Å². The molecule has 0 aliphatic carbocycles. The van der Waals surface area contributed by atoms with Crippen LogP contribution in [0.5, 0.6) is 5.88 Å². The van der Waals surface area contributed by atoms with Crippen molar-refractivity contribution in [3.05, 3.63) is 90.3 Å². The number of rotatable bonds is 7. The summed E-state index contributed by atoms with van der Waals surface area (Å²) in [5.41, 5.74) is 2.37. The number of para-hydroxylation sites is 1. The molecule has 8 heteroatoms. The molecule has 160 valence electrons. The van der Waals surface area contributed by atoms with Gasteiger partial charge in [0, 0.05) is 18.1 Å². The number of hydrogen-bond acceptors (Lipinski definition) is 5. The molecule has 0 unspecified atom stereocenters. The summed E-state index contributed by atoms with van der Waals surface area (Å²) in [6, 6.07) is 22.3. The van der Waals surface area contributed by atoms with E-state index >= 15 is 0 Å². The van der Waals surface area contributed by atoms with Gasteiger partial charge in [-0.05, 0) is 30.2 Å². The Morgan fingerprint density at radius 2 is 1.72 bits per heavy atom. The molecule has 4 aromatic rings. The van der Waals surface area contributed by atoms with E-state index in [1.165, 1.54) is 6.20 Å². The molecule has 2 aromatic carbocycles. The predicted molar refractivity (Wildman–Crippen MR) is 120 cm³/mol. The number of carbonyl (C=O) groups excluding carboxylic acids is 2. The van der Waals surface area contributed by atoms with Crippen LogP contribution in [-0.2, 0) is 17.8 Å². The summed E-state index contributed by atoms with van der Waals surface area (Å²) < 4.78 is 1.75. The molecule has 2 heterocycles. The van der Waals surface area contributed by atoms with Crippen LogP contribution < -0.4 is 5.32 Å². The molecule has 2 aromatic heterocycles. The SMILES string of the molecule is O=C(CNC(=O)c1ccccn1)N=Nc1c(O)n(CCc2ccccc2)c2ccccc12. The van der Waals surface area contributed by atoms with E-state index in [1.54, 1.807) is 22.8 Å². The van der Waals surface area contributed by atoms with Crippen molar-refractivity contribution in [2.45, 2.75) is 13.0 Å².